The minimum Gasteiger partial charge on any atom is -0.357 e. The largest absolute Gasteiger partial charge is 0.401 e. The third-order valence-electron chi connectivity index (χ3n) is 3.49. The van der Waals surface area contributed by atoms with Crippen molar-refractivity contribution < 1.29 is 13.2 Å². The summed E-state index contributed by atoms with van der Waals surface area (Å²) in [5, 5.41) is 6.17. The highest BCUT2D eigenvalue weighted by Gasteiger charge is 2.28. The molecule has 24 heavy (non-hydrogen) atoms. The zero-order valence-electron chi connectivity index (χ0n) is 14.8. The van der Waals surface area contributed by atoms with Crippen LogP contribution in [0.5, 0.6) is 0 Å². The van der Waals surface area contributed by atoms with Crippen molar-refractivity contribution in [3.05, 3.63) is 34.9 Å². The minimum atomic E-state index is -4.17. The quantitative estimate of drug-likeness (QED) is 0.590. The fourth-order valence-corrected chi connectivity index (χ4v) is 2.28. The van der Waals surface area contributed by atoms with E-state index < -0.39 is 12.7 Å². The van der Waals surface area contributed by atoms with Crippen molar-refractivity contribution in [3.63, 3.8) is 0 Å². The van der Waals surface area contributed by atoms with Crippen LogP contribution in [0.1, 0.15) is 23.6 Å². The van der Waals surface area contributed by atoms with Crippen molar-refractivity contribution in [2.24, 2.45) is 4.99 Å². The van der Waals surface area contributed by atoms with Gasteiger partial charge in [-0.3, -0.25) is 4.90 Å². The summed E-state index contributed by atoms with van der Waals surface area (Å²) in [6.45, 7) is 7.03. The summed E-state index contributed by atoms with van der Waals surface area (Å²) in [4.78, 5) is 5.74. The summed E-state index contributed by atoms with van der Waals surface area (Å²) in [5.74, 6) is 0.609. The number of guanidine groups is 1. The summed E-state index contributed by atoms with van der Waals surface area (Å²) >= 11 is 0. The lowest BCUT2D eigenvalue weighted by Gasteiger charge is -2.19. The van der Waals surface area contributed by atoms with Crippen LogP contribution in [0.2, 0.25) is 0 Å². The molecule has 4 nitrogen and oxygen atoms in total. The van der Waals surface area contributed by atoms with E-state index in [1.807, 2.05) is 26.8 Å². The number of aryl methyl sites for hydroxylation is 2. The lowest BCUT2D eigenvalue weighted by atomic mass is 10.1. The van der Waals surface area contributed by atoms with E-state index >= 15 is 0 Å². The van der Waals surface area contributed by atoms with Gasteiger partial charge in [-0.2, -0.15) is 13.2 Å². The molecule has 1 rings (SSSR count). The van der Waals surface area contributed by atoms with Crippen LogP contribution in [0.15, 0.2) is 23.2 Å². The van der Waals surface area contributed by atoms with Gasteiger partial charge in [0.1, 0.15) is 0 Å². The molecule has 7 heteroatoms. The Kier molecular flexibility index (Phi) is 8.04. The molecule has 0 aliphatic rings. The van der Waals surface area contributed by atoms with E-state index in [2.05, 4.69) is 27.8 Å². The van der Waals surface area contributed by atoms with Crippen LogP contribution >= 0.6 is 0 Å². The molecule has 0 aliphatic carbocycles. The Hall–Kier alpha value is -1.76. The van der Waals surface area contributed by atoms with Crippen LogP contribution in [0.25, 0.3) is 0 Å². The third-order valence-corrected chi connectivity index (χ3v) is 3.49. The molecule has 0 heterocycles. The summed E-state index contributed by atoms with van der Waals surface area (Å²) in [5.41, 5.74) is 3.52. The van der Waals surface area contributed by atoms with Gasteiger partial charge in [0.05, 0.1) is 13.1 Å². The number of likely N-dealkylation sites (N-methyl/N-ethyl adjacent to an activating group) is 1. The van der Waals surface area contributed by atoms with Crippen LogP contribution in [-0.4, -0.2) is 50.3 Å². The molecule has 0 amide bonds. The van der Waals surface area contributed by atoms with E-state index in [1.54, 1.807) is 0 Å². The second-order valence-corrected chi connectivity index (χ2v) is 5.90. The topological polar surface area (TPSA) is 39.7 Å². The lowest BCUT2D eigenvalue weighted by Crippen LogP contribution is -2.42. The van der Waals surface area contributed by atoms with Gasteiger partial charge in [0.2, 0.25) is 0 Å². The minimum absolute atomic E-state index is 0.285. The fraction of sp³-hybridized carbons (Fsp3) is 0.588. The van der Waals surface area contributed by atoms with Gasteiger partial charge in [-0.25, -0.2) is 4.99 Å². The maximum atomic E-state index is 12.3. The van der Waals surface area contributed by atoms with Gasteiger partial charge in [-0.15, -0.1) is 0 Å². The summed E-state index contributed by atoms with van der Waals surface area (Å²) in [7, 11) is 1.45. The molecule has 1 aromatic carbocycles. The van der Waals surface area contributed by atoms with Crippen molar-refractivity contribution in [1.82, 2.24) is 15.5 Å². The molecule has 0 radical (unpaired) electrons. The molecular weight excluding hydrogens is 317 g/mol. The predicted octanol–water partition coefficient (Wildman–Crippen LogP) is 2.85. The summed E-state index contributed by atoms with van der Waals surface area (Å²) < 4.78 is 36.9. The standard InChI is InChI=1S/C17H27F3N4/c1-5-21-16(22-8-9-24(4)12-17(18,19)20)23-11-15-7-6-13(2)10-14(15)3/h6-7,10H,5,8-9,11-12H2,1-4H3,(H2,21,22,23). The van der Waals surface area contributed by atoms with Crippen molar-refractivity contribution in [2.45, 2.75) is 33.5 Å². The molecule has 136 valence electrons. The monoisotopic (exact) mass is 344 g/mol. The van der Waals surface area contributed by atoms with Crippen LogP contribution in [0.4, 0.5) is 13.2 Å². The smallest absolute Gasteiger partial charge is 0.357 e. The average Bonchev–Trinajstić information content (AvgIpc) is 2.44. The Balaban J connectivity index is 2.53. The number of hydrogen-bond acceptors (Lipinski definition) is 2. The van der Waals surface area contributed by atoms with E-state index in [-0.39, 0.29) is 6.54 Å². The number of halogens is 3. The van der Waals surface area contributed by atoms with Crippen LogP contribution in [0.3, 0.4) is 0 Å². The number of nitrogens with one attached hydrogen (secondary N) is 2. The Bertz CT molecular complexity index is 541. The first-order chi connectivity index (χ1) is 11.2. The van der Waals surface area contributed by atoms with Crippen molar-refractivity contribution in [3.8, 4) is 0 Å². The van der Waals surface area contributed by atoms with Gasteiger partial charge < -0.3 is 10.6 Å². The van der Waals surface area contributed by atoms with E-state index in [9.17, 15) is 13.2 Å². The fourth-order valence-electron chi connectivity index (χ4n) is 2.28. The van der Waals surface area contributed by atoms with Crippen LogP contribution in [-0.2, 0) is 6.54 Å². The number of aliphatic imine (C=N–C) groups is 1. The maximum Gasteiger partial charge on any atom is 0.401 e. The molecule has 0 atom stereocenters. The van der Waals surface area contributed by atoms with Gasteiger partial charge in [-0.05, 0) is 38.9 Å². The molecule has 0 saturated carbocycles. The molecule has 0 bridgehead atoms. The normalized spacial score (nSPS) is 12.6. The Labute approximate surface area is 142 Å². The zero-order valence-corrected chi connectivity index (χ0v) is 14.8. The van der Waals surface area contributed by atoms with Gasteiger partial charge in [0.25, 0.3) is 0 Å². The number of nitrogens with zero attached hydrogens (tertiary/aromatic N) is 2. The Morgan fingerprint density at radius 3 is 2.50 bits per heavy atom. The van der Waals surface area contributed by atoms with Gasteiger partial charge in [0.15, 0.2) is 5.96 Å². The van der Waals surface area contributed by atoms with Gasteiger partial charge in [0, 0.05) is 19.6 Å². The van der Waals surface area contributed by atoms with Crippen molar-refractivity contribution >= 4 is 5.96 Å². The Morgan fingerprint density at radius 2 is 1.92 bits per heavy atom. The van der Waals surface area contributed by atoms with E-state index in [1.165, 1.54) is 23.1 Å². The van der Waals surface area contributed by atoms with E-state index in [0.717, 1.165) is 5.56 Å². The summed E-state index contributed by atoms with van der Waals surface area (Å²) in [6.07, 6.45) is -4.17. The van der Waals surface area contributed by atoms with Crippen molar-refractivity contribution in [1.29, 1.82) is 0 Å². The molecular formula is C17H27F3N4. The lowest BCUT2D eigenvalue weighted by molar-refractivity contribution is -0.142. The SMILES string of the molecule is CCNC(=NCc1ccc(C)cc1C)NCCN(C)CC(F)(F)F. The van der Waals surface area contributed by atoms with E-state index in [4.69, 9.17) is 0 Å². The number of alkyl halides is 3. The molecule has 0 aliphatic heterocycles. The molecule has 0 aromatic heterocycles. The van der Waals surface area contributed by atoms with Gasteiger partial charge >= 0.3 is 6.18 Å². The molecule has 0 saturated heterocycles. The molecule has 0 unspecified atom stereocenters. The highest BCUT2D eigenvalue weighted by atomic mass is 19.4. The molecule has 0 fully saturated rings. The first kappa shape index (κ1) is 20.3. The second kappa shape index (κ2) is 9.52. The molecule has 2 N–H and O–H groups in total. The number of rotatable bonds is 7. The highest BCUT2D eigenvalue weighted by Crippen LogP contribution is 2.15. The van der Waals surface area contributed by atoms with Crippen LogP contribution < -0.4 is 10.6 Å². The zero-order chi connectivity index (χ0) is 18.2. The maximum absolute atomic E-state index is 12.3. The van der Waals surface area contributed by atoms with Gasteiger partial charge in [-0.1, -0.05) is 23.8 Å². The average molecular weight is 344 g/mol. The first-order valence-corrected chi connectivity index (χ1v) is 8.05. The van der Waals surface area contributed by atoms with E-state index in [0.29, 0.717) is 25.6 Å². The predicted molar refractivity (Wildman–Crippen MR) is 92.3 cm³/mol. The number of benzene rings is 1. The molecule has 1 aromatic rings. The highest BCUT2D eigenvalue weighted by molar-refractivity contribution is 5.79. The van der Waals surface area contributed by atoms with Crippen molar-refractivity contribution in [2.75, 3.05) is 33.2 Å². The second-order valence-electron chi connectivity index (χ2n) is 5.90. The number of hydrogen-bond donors (Lipinski definition) is 2. The summed E-state index contributed by atoms with van der Waals surface area (Å²) in [6, 6.07) is 6.20. The first-order valence-electron chi connectivity index (χ1n) is 8.05. The Morgan fingerprint density at radius 1 is 1.21 bits per heavy atom. The van der Waals surface area contributed by atoms with Crippen LogP contribution in [0, 0.1) is 13.8 Å². The molecule has 0 spiro atoms. The third kappa shape index (κ3) is 8.19.